The molecule has 1 unspecified atom stereocenters. The molecule has 3 aromatic rings. The van der Waals surface area contributed by atoms with Crippen LogP contribution >= 0.6 is 0 Å². The average molecular weight is 417 g/mol. The summed E-state index contributed by atoms with van der Waals surface area (Å²) in [6.07, 6.45) is 3.68. The van der Waals surface area contributed by atoms with E-state index in [-0.39, 0.29) is 5.92 Å². The summed E-state index contributed by atoms with van der Waals surface area (Å²) in [5.41, 5.74) is 0.736. The summed E-state index contributed by atoms with van der Waals surface area (Å²) in [5.74, 6) is 3.02. The van der Waals surface area contributed by atoms with Gasteiger partial charge < -0.3 is 14.5 Å². The second-order valence-electron chi connectivity index (χ2n) is 7.29. The molecule has 0 bridgehead atoms. The maximum absolute atomic E-state index is 11.7. The van der Waals surface area contributed by atoms with Gasteiger partial charge in [-0.05, 0) is 37.6 Å². The molecule has 0 radical (unpaired) electrons. The van der Waals surface area contributed by atoms with Gasteiger partial charge in [-0.25, -0.2) is 22.7 Å². The minimum atomic E-state index is -3.15. The smallest absolute Gasteiger partial charge is 0.211 e. The van der Waals surface area contributed by atoms with E-state index in [4.69, 9.17) is 9.15 Å². The van der Waals surface area contributed by atoms with E-state index < -0.39 is 10.0 Å². The van der Waals surface area contributed by atoms with Gasteiger partial charge in [0.1, 0.15) is 28.7 Å². The SMILES string of the molecule is Cc1nc(NCc2ccco2)c2cccc(OCC3CCN(S(C)(=O)=O)C3)c2n1. The number of benzene rings is 1. The molecule has 9 heteroatoms. The van der Waals surface area contributed by atoms with Crippen molar-refractivity contribution in [2.45, 2.75) is 19.9 Å². The number of hydrogen-bond acceptors (Lipinski definition) is 7. The molecule has 1 aliphatic heterocycles. The molecule has 1 aliphatic rings. The van der Waals surface area contributed by atoms with Gasteiger partial charge >= 0.3 is 0 Å². The van der Waals surface area contributed by atoms with Gasteiger partial charge in [-0.3, -0.25) is 0 Å². The summed E-state index contributed by atoms with van der Waals surface area (Å²) in [5, 5.41) is 4.17. The predicted molar refractivity (Wildman–Crippen MR) is 110 cm³/mol. The Morgan fingerprint density at radius 1 is 1.28 bits per heavy atom. The number of anilines is 1. The van der Waals surface area contributed by atoms with Crippen LogP contribution in [0.25, 0.3) is 10.9 Å². The molecule has 0 aliphatic carbocycles. The lowest BCUT2D eigenvalue weighted by molar-refractivity contribution is 0.257. The number of para-hydroxylation sites is 1. The first kappa shape index (κ1) is 19.7. The number of fused-ring (bicyclic) bond motifs is 1. The molecule has 154 valence electrons. The number of aromatic nitrogens is 2. The molecule has 4 rings (SSSR count). The maximum atomic E-state index is 11.7. The minimum Gasteiger partial charge on any atom is -0.491 e. The fourth-order valence-corrected chi connectivity index (χ4v) is 4.43. The molecule has 3 heterocycles. The summed E-state index contributed by atoms with van der Waals surface area (Å²) in [4.78, 5) is 9.10. The second-order valence-corrected chi connectivity index (χ2v) is 9.27. The van der Waals surface area contributed by atoms with Crippen LogP contribution in [0.1, 0.15) is 18.0 Å². The Morgan fingerprint density at radius 2 is 2.14 bits per heavy atom. The molecule has 1 N–H and O–H groups in total. The van der Waals surface area contributed by atoms with Crippen molar-refractivity contribution in [1.82, 2.24) is 14.3 Å². The first-order valence-electron chi connectivity index (χ1n) is 9.51. The third-order valence-corrected chi connectivity index (χ3v) is 6.27. The summed E-state index contributed by atoms with van der Waals surface area (Å²) in [7, 11) is -3.15. The summed E-state index contributed by atoms with van der Waals surface area (Å²) >= 11 is 0. The van der Waals surface area contributed by atoms with Gasteiger partial charge in [0.15, 0.2) is 0 Å². The molecule has 1 saturated heterocycles. The van der Waals surface area contributed by atoms with Crippen LogP contribution in [-0.2, 0) is 16.6 Å². The van der Waals surface area contributed by atoms with Crippen molar-refractivity contribution in [3.05, 3.63) is 48.2 Å². The zero-order valence-corrected chi connectivity index (χ0v) is 17.3. The van der Waals surface area contributed by atoms with Crippen LogP contribution < -0.4 is 10.1 Å². The molecule has 2 aromatic heterocycles. The predicted octanol–water partition coefficient (Wildman–Crippen LogP) is 2.80. The highest BCUT2D eigenvalue weighted by Crippen LogP contribution is 2.30. The van der Waals surface area contributed by atoms with Gasteiger partial charge in [-0.1, -0.05) is 6.07 Å². The van der Waals surface area contributed by atoms with Crippen LogP contribution in [0.2, 0.25) is 0 Å². The summed E-state index contributed by atoms with van der Waals surface area (Å²) in [6, 6.07) is 9.49. The molecule has 1 aromatic carbocycles. The molecule has 0 spiro atoms. The monoisotopic (exact) mass is 416 g/mol. The van der Waals surface area contributed by atoms with Crippen molar-refractivity contribution in [3.63, 3.8) is 0 Å². The summed E-state index contributed by atoms with van der Waals surface area (Å²) in [6.45, 7) is 3.85. The highest BCUT2D eigenvalue weighted by atomic mass is 32.2. The normalized spacial score (nSPS) is 17.7. The van der Waals surface area contributed by atoms with Gasteiger partial charge in [-0.15, -0.1) is 0 Å². The molecule has 1 fully saturated rings. The van der Waals surface area contributed by atoms with Gasteiger partial charge in [0.2, 0.25) is 10.0 Å². The van der Waals surface area contributed by atoms with Crippen molar-refractivity contribution in [1.29, 1.82) is 0 Å². The van der Waals surface area contributed by atoms with E-state index in [0.717, 1.165) is 28.9 Å². The van der Waals surface area contributed by atoms with E-state index in [1.54, 1.807) is 6.26 Å². The van der Waals surface area contributed by atoms with E-state index in [9.17, 15) is 8.42 Å². The fourth-order valence-electron chi connectivity index (χ4n) is 3.51. The second kappa shape index (κ2) is 8.00. The highest BCUT2D eigenvalue weighted by Gasteiger charge is 2.29. The first-order valence-corrected chi connectivity index (χ1v) is 11.4. The Balaban J connectivity index is 1.51. The van der Waals surface area contributed by atoms with E-state index in [1.165, 1.54) is 10.6 Å². The topological polar surface area (TPSA) is 97.6 Å². The molecule has 29 heavy (non-hydrogen) atoms. The van der Waals surface area contributed by atoms with Crippen LogP contribution in [-0.4, -0.2) is 48.6 Å². The van der Waals surface area contributed by atoms with Crippen LogP contribution in [0, 0.1) is 12.8 Å². The van der Waals surface area contributed by atoms with Crippen molar-refractivity contribution < 1.29 is 17.6 Å². The zero-order chi connectivity index (χ0) is 20.4. The van der Waals surface area contributed by atoms with E-state index in [1.807, 2.05) is 37.3 Å². The number of hydrogen-bond donors (Lipinski definition) is 1. The molecule has 0 amide bonds. The zero-order valence-electron chi connectivity index (χ0n) is 16.5. The number of rotatable bonds is 7. The van der Waals surface area contributed by atoms with Crippen molar-refractivity contribution in [3.8, 4) is 5.75 Å². The summed E-state index contributed by atoms with van der Waals surface area (Å²) < 4.78 is 36.4. The lowest BCUT2D eigenvalue weighted by Gasteiger charge is -2.16. The number of aryl methyl sites for hydroxylation is 1. The van der Waals surface area contributed by atoms with Crippen LogP contribution in [0.4, 0.5) is 5.82 Å². The van der Waals surface area contributed by atoms with Crippen LogP contribution in [0.15, 0.2) is 41.0 Å². The average Bonchev–Trinajstić information content (AvgIpc) is 3.36. The standard InChI is InChI=1S/C20H24N4O4S/c1-14-22-19-17(20(23-14)21-11-16-5-4-10-27-16)6-3-7-18(19)28-13-15-8-9-24(12-15)29(2,25)26/h3-7,10,15H,8-9,11-13H2,1-2H3,(H,21,22,23). The Morgan fingerprint density at radius 3 is 2.86 bits per heavy atom. The van der Waals surface area contributed by atoms with E-state index in [2.05, 4.69) is 15.3 Å². The Kier molecular flexibility index (Phi) is 5.42. The van der Waals surface area contributed by atoms with Crippen LogP contribution in [0.3, 0.4) is 0 Å². The Hall–Kier alpha value is -2.65. The molecular weight excluding hydrogens is 392 g/mol. The molecular formula is C20H24N4O4S. The number of sulfonamides is 1. The maximum Gasteiger partial charge on any atom is 0.211 e. The van der Waals surface area contributed by atoms with Crippen molar-refractivity contribution in [2.24, 2.45) is 5.92 Å². The quantitative estimate of drug-likeness (QED) is 0.632. The molecule has 8 nitrogen and oxygen atoms in total. The molecule has 0 saturated carbocycles. The molecule has 1 atom stereocenters. The third-order valence-electron chi connectivity index (χ3n) is 5.00. The van der Waals surface area contributed by atoms with E-state index >= 15 is 0 Å². The minimum absolute atomic E-state index is 0.166. The third kappa shape index (κ3) is 4.51. The van der Waals surface area contributed by atoms with Crippen molar-refractivity contribution in [2.75, 3.05) is 31.3 Å². The number of furan rings is 1. The Bertz CT molecular complexity index is 1100. The van der Waals surface area contributed by atoms with Gasteiger partial charge in [0.25, 0.3) is 0 Å². The van der Waals surface area contributed by atoms with Gasteiger partial charge in [0, 0.05) is 24.4 Å². The highest BCUT2D eigenvalue weighted by molar-refractivity contribution is 7.88. The largest absolute Gasteiger partial charge is 0.491 e. The number of ether oxygens (including phenoxy) is 1. The first-order chi connectivity index (χ1) is 13.9. The van der Waals surface area contributed by atoms with Crippen molar-refractivity contribution >= 4 is 26.7 Å². The van der Waals surface area contributed by atoms with Crippen LogP contribution in [0.5, 0.6) is 5.75 Å². The van der Waals surface area contributed by atoms with Gasteiger partial charge in [0.05, 0.1) is 25.7 Å². The number of nitrogens with zero attached hydrogens (tertiary/aromatic N) is 3. The number of nitrogens with one attached hydrogen (secondary N) is 1. The Labute approximate surface area is 170 Å². The lowest BCUT2D eigenvalue weighted by Crippen LogP contribution is -2.28. The lowest BCUT2D eigenvalue weighted by atomic mass is 10.1. The van der Waals surface area contributed by atoms with E-state index in [0.29, 0.717) is 37.8 Å². The fraction of sp³-hybridized carbons (Fsp3) is 0.400. The van der Waals surface area contributed by atoms with Gasteiger partial charge in [-0.2, -0.15) is 0 Å².